The topological polar surface area (TPSA) is 118 Å². The van der Waals surface area contributed by atoms with Gasteiger partial charge in [0.05, 0.1) is 11.1 Å². The van der Waals surface area contributed by atoms with Crippen LogP contribution in [0.5, 0.6) is 0 Å². The van der Waals surface area contributed by atoms with Crippen molar-refractivity contribution in [1.29, 1.82) is 0 Å². The maximum absolute atomic E-state index is 14.0. The highest BCUT2D eigenvalue weighted by Gasteiger charge is 2.38. The zero-order valence-electron chi connectivity index (χ0n) is 15.6. The normalized spacial score (nSPS) is 15.8. The number of nitrogens with zero attached hydrogens (tertiary/aromatic N) is 2. The first-order chi connectivity index (χ1) is 13.9. The minimum absolute atomic E-state index is 0.241. The second-order valence-electron chi connectivity index (χ2n) is 7.02. The summed E-state index contributed by atoms with van der Waals surface area (Å²) < 4.78 is 64.4. The van der Waals surface area contributed by atoms with Gasteiger partial charge in [0.1, 0.15) is 17.3 Å². The van der Waals surface area contributed by atoms with E-state index in [2.05, 4.69) is 15.1 Å². The van der Waals surface area contributed by atoms with Crippen LogP contribution in [0, 0.1) is 18.6 Å². The second-order valence-corrected chi connectivity index (χ2v) is 7.02. The Bertz CT molecular complexity index is 1080. The molecule has 0 radical (unpaired) electrons. The fraction of sp³-hybridized carbons (Fsp3) is 0.389. The van der Waals surface area contributed by atoms with Gasteiger partial charge >= 0.3 is 12.1 Å². The molecule has 1 aliphatic rings. The zero-order valence-corrected chi connectivity index (χ0v) is 15.6. The fourth-order valence-corrected chi connectivity index (χ4v) is 3.38. The highest BCUT2D eigenvalue weighted by atomic mass is 19.4. The van der Waals surface area contributed by atoms with Crippen molar-refractivity contribution in [2.75, 3.05) is 0 Å². The van der Waals surface area contributed by atoms with E-state index in [1.807, 2.05) is 0 Å². The molecule has 1 fully saturated rings. The number of alkyl halides is 3. The van der Waals surface area contributed by atoms with Gasteiger partial charge in [0.2, 0.25) is 0 Å². The molecule has 0 amide bonds. The number of aromatic amines is 1. The lowest BCUT2D eigenvalue weighted by atomic mass is 9.99. The van der Waals surface area contributed by atoms with Crippen molar-refractivity contribution in [3.8, 4) is 11.6 Å². The number of halogens is 5. The average Bonchev–Trinajstić information content (AvgIpc) is 3.34. The number of carboxylic acids is 1. The predicted molar refractivity (Wildman–Crippen MR) is 94.3 cm³/mol. The van der Waals surface area contributed by atoms with Gasteiger partial charge in [-0.15, -0.1) is 0 Å². The van der Waals surface area contributed by atoms with E-state index in [4.69, 9.17) is 20.2 Å². The number of carbonyl (C=O) groups is 1. The summed E-state index contributed by atoms with van der Waals surface area (Å²) in [6.45, 7) is 1.73. The number of carboxylic acid groups (broad SMARTS) is 1. The molecule has 3 aromatic rings. The molecule has 0 unspecified atom stereocenters. The van der Waals surface area contributed by atoms with Crippen LogP contribution < -0.4 is 5.73 Å². The van der Waals surface area contributed by atoms with Crippen molar-refractivity contribution in [1.82, 2.24) is 15.1 Å². The molecule has 30 heavy (non-hydrogen) atoms. The summed E-state index contributed by atoms with van der Waals surface area (Å²) in [4.78, 5) is 16.2. The Balaban J connectivity index is 0.000000318. The van der Waals surface area contributed by atoms with Crippen LogP contribution in [0.3, 0.4) is 0 Å². The first-order valence-corrected chi connectivity index (χ1v) is 8.83. The molecular formula is C18H17F5N4O3. The van der Waals surface area contributed by atoms with Crippen LogP contribution in [0.1, 0.15) is 37.1 Å². The molecule has 0 saturated heterocycles. The molecule has 0 spiro atoms. The molecule has 0 aliphatic heterocycles. The smallest absolute Gasteiger partial charge is 0.475 e. The van der Waals surface area contributed by atoms with Crippen LogP contribution in [-0.2, 0) is 10.3 Å². The Hall–Kier alpha value is -3.02. The Morgan fingerprint density at radius 3 is 2.43 bits per heavy atom. The van der Waals surface area contributed by atoms with E-state index in [9.17, 15) is 22.0 Å². The molecule has 2 heterocycles. The van der Waals surface area contributed by atoms with E-state index < -0.39 is 29.3 Å². The van der Waals surface area contributed by atoms with Crippen LogP contribution >= 0.6 is 0 Å². The molecule has 1 saturated carbocycles. The molecule has 0 atom stereocenters. The number of hydrogen-bond donors (Lipinski definition) is 3. The number of aryl methyl sites for hydroxylation is 1. The highest BCUT2D eigenvalue weighted by molar-refractivity contribution is 5.89. The van der Waals surface area contributed by atoms with E-state index in [0.29, 0.717) is 28.0 Å². The number of nitrogens with two attached hydrogens (primary N) is 1. The summed E-state index contributed by atoms with van der Waals surface area (Å²) in [6.07, 6.45) is -1.37. The van der Waals surface area contributed by atoms with E-state index in [0.717, 1.165) is 31.7 Å². The third-order valence-electron chi connectivity index (χ3n) is 4.89. The summed E-state index contributed by atoms with van der Waals surface area (Å²) in [5.74, 6) is -3.31. The SMILES string of the molecule is Cc1c(-c2nc(C3(N)CCCC3)no2)[nH]c2cc(F)cc(F)c12.O=C(O)C(F)(F)F. The first kappa shape index (κ1) is 21.7. The molecule has 162 valence electrons. The van der Waals surface area contributed by atoms with Gasteiger partial charge in [-0.3, -0.25) is 0 Å². The minimum Gasteiger partial charge on any atom is -0.475 e. The van der Waals surface area contributed by atoms with Crippen molar-refractivity contribution in [2.24, 2.45) is 5.73 Å². The summed E-state index contributed by atoms with van der Waals surface area (Å²) >= 11 is 0. The van der Waals surface area contributed by atoms with Gasteiger partial charge in [-0.05, 0) is 31.4 Å². The number of aliphatic carboxylic acids is 1. The lowest BCUT2D eigenvalue weighted by Gasteiger charge is -2.17. The number of nitrogens with one attached hydrogen (secondary N) is 1. The molecule has 4 rings (SSSR count). The summed E-state index contributed by atoms with van der Waals surface area (Å²) in [5.41, 5.74) is 7.22. The van der Waals surface area contributed by atoms with Crippen molar-refractivity contribution < 1.29 is 36.4 Å². The van der Waals surface area contributed by atoms with Gasteiger partial charge in [-0.25, -0.2) is 13.6 Å². The third kappa shape index (κ3) is 4.13. The van der Waals surface area contributed by atoms with E-state index in [-0.39, 0.29) is 5.89 Å². The summed E-state index contributed by atoms with van der Waals surface area (Å²) in [5, 5.41) is 11.4. The highest BCUT2D eigenvalue weighted by Crippen LogP contribution is 2.36. The average molecular weight is 432 g/mol. The van der Waals surface area contributed by atoms with Gasteiger partial charge in [0.15, 0.2) is 5.82 Å². The monoisotopic (exact) mass is 432 g/mol. The van der Waals surface area contributed by atoms with Crippen LogP contribution in [0.4, 0.5) is 22.0 Å². The molecule has 12 heteroatoms. The number of aromatic nitrogens is 3. The van der Waals surface area contributed by atoms with E-state index in [1.165, 1.54) is 6.07 Å². The Morgan fingerprint density at radius 2 is 1.87 bits per heavy atom. The van der Waals surface area contributed by atoms with E-state index >= 15 is 0 Å². The van der Waals surface area contributed by atoms with Crippen LogP contribution in [0.15, 0.2) is 16.7 Å². The number of benzene rings is 1. The molecule has 4 N–H and O–H groups in total. The molecule has 1 aromatic carbocycles. The molecule has 0 bridgehead atoms. The standard InChI is InChI=1S/C16H16F2N4O.C2HF3O2/c1-8-12-10(18)6-9(17)7-11(12)20-13(8)14-21-15(22-23-14)16(19)4-2-3-5-16;3-2(4,5)1(6)7/h6-7,20H,2-5,19H2,1H3;(H,6,7). The molecule has 2 aromatic heterocycles. The van der Waals surface area contributed by atoms with Gasteiger partial charge in [0.25, 0.3) is 5.89 Å². The molecule has 1 aliphatic carbocycles. The number of hydrogen-bond acceptors (Lipinski definition) is 5. The maximum Gasteiger partial charge on any atom is 0.490 e. The fourth-order valence-electron chi connectivity index (χ4n) is 3.38. The summed E-state index contributed by atoms with van der Waals surface area (Å²) in [7, 11) is 0. The minimum atomic E-state index is -5.08. The van der Waals surface area contributed by atoms with Crippen molar-refractivity contribution >= 4 is 16.9 Å². The zero-order chi connectivity index (χ0) is 22.3. The number of rotatable bonds is 2. The van der Waals surface area contributed by atoms with Gasteiger partial charge in [-0.2, -0.15) is 18.2 Å². The predicted octanol–water partition coefficient (Wildman–Crippen LogP) is 4.17. The first-order valence-electron chi connectivity index (χ1n) is 8.83. The molecule has 7 nitrogen and oxygen atoms in total. The maximum atomic E-state index is 14.0. The van der Waals surface area contributed by atoms with Gasteiger partial charge in [-0.1, -0.05) is 18.0 Å². The lowest BCUT2D eigenvalue weighted by molar-refractivity contribution is -0.192. The second kappa shape index (κ2) is 7.67. The number of fused-ring (bicyclic) bond motifs is 1. The Kier molecular flexibility index (Phi) is 5.54. The van der Waals surface area contributed by atoms with E-state index in [1.54, 1.807) is 6.92 Å². The van der Waals surface area contributed by atoms with Gasteiger partial charge < -0.3 is 20.3 Å². The Labute approximate surface area is 166 Å². The van der Waals surface area contributed by atoms with Gasteiger partial charge in [0, 0.05) is 11.5 Å². The van der Waals surface area contributed by atoms with Crippen LogP contribution in [0.2, 0.25) is 0 Å². The Morgan fingerprint density at radius 1 is 1.27 bits per heavy atom. The lowest BCUT2D eigenvalue weighted by Crippen LogP contribution is -2.34. The van der Waals surface area contributed by atoms with Crippen molar-refractivity contribution in [3.05, 3.63) is 35.2 Å². The summed E-state index contributed by atoms with van der Waals surface area (Å²) in [6, 6.07) is 2.10. The number of H-pyrrole nitrogens is 1. The van der Waals surface area contributed by atoms with Crippen molar-refractivity contribution in [3.63, 3.8) is 0 Å². The van der Waals surface area contributed by atoms with Crippen LogP contribution in [0.25, 0.3) is 22.5 Å². The quantitative estimate of drug-likeness (QED) is 0.523. The third-order valence-corrected chi connectivity index (χ3v) is 4.89. The molecular weight excluding hydrogens is 415 g/mol. The van der Waals surface area contributed by atoms with Crippen molar-refractivity contribution in [2.45, 2.75) is 44.3 Å². The largest absolute Gasteiger partial charge is 0.490 e. The van der Waals surface area contributed by atoms with Crippen LogP contribution in [-0.4, -0.2) is 32.4 Å².